The number of rotatable bonds is 5. The van der Waals surface area contributed by atoms with Crippen molar-refractivity contribution in [3.63, 3.8) is 0 Å². The van der Waals surface area contributed by atoms with E-state index in [0.717, 1.165) is 5.56 Å². The van der Waals surface area contributed by atoms with Crippen LogP contribution in [0.2, 0.25) is 5.02 Å². The molecule has 0 radical (unpaired) electrons. The monoisotopic (exact) mass is 431 g/mol. The Morgan fingerprint density at radius 3 is 2.67 bits per heavy atom. The van der Waals surface area contributed by atoms with Crippen LogP contribution in [0.3, 0.4) is 0 Å². The third kappa shape index (κ3) is 3.42. The van der Waals surface area contributed by atoms with E-state index in [1.54, 1.807) is 6.33 Å². The standard InChI is InChI=1S/C20H22ClN5O4/c1-20(2)29-15-13(8-27)28-19(16(15)30-20)26-10-25-14-17(23-9-24-18(14)26)22-7-11-3-5-12(21)6-4-11/h3-6,9-10,13,15-16,19,27H,7-8H2,1-2H3,(H,22,23,24). The van der Waals surface area contributed by atoms with E-state index in [1.165, 1.54) is 6.33 Å². The topological polar surface area (TPSA) is 104 Å². The first-order valence-electron chi connectivity index (χ1n) is 9.73. The molecule has 2 aromatic heterocycles. The molecular weight excluding hydrogens is 410 g/mol. The smallest absolute Gasteiger partial charge is 0.167 e. The average molecular weight is 432 g/mol. The fraction of sp³-hybridized carbons (Fsp3) is 0.450. The van der Waals surface area contributed by atoms with Gasteiger partial charge in [0.1, 0.15) is 24.6 Å². The van der Waals surface area contributed by atoms with Gasteiger partial charge in [0.25, 0.3) is 0 Å². The highest BCUT2D eigenvalue weighted by atomic mass is 35.5. The van der Waals surface area contributed by atoms with Crippen molar-refractivity contribution in [2.75, 3.05) is 11.9 Å². The second kappa shape index (κ2) is 7.44. The Morgan fingerprint density at radius 1 is 1.13 bits per heavy atom. The summed E-state index contributed by atoms with van der Waals surface area (Å²) in [7, 11) is 0. The van der Waals surface area contributed by atoms with Crippen molar-refractivity contribution in [3.8, 4) is 0 Å². The number of nitrogens with zero attached hydrogens (tertiary/aromatic N) is 4. The molecule has 2 N–H and O–H groups in total. The van der Waals surface area contributed by atoms with Gasteiger partial charge in [-0.3, -0.25) is 4.57 Å². The molecule has 0 spiro atoms. The van der Waals surface area contributed by atoms with Crippen molar-refractivity contribution in [3.05, 3.63) is 47.5 Å². The van der Waals surface area contributed by atoms with Gasteiger partial charge in [-0.2, -0.15) is 0 Å². The molecule has 4 unspecified atom stereocenters. The van der Waals surface area contributed by atoms with E-state index in [1.807, 2.05) is 42.7 Å². The highest BCUT2D eigenvalue weighted by Gasteiger charge is 2.55. The van der Waals surface area contributed by atoms with Gasteiger partial charge in [0.2, 0.25) is 0 Å². The van der Waals surface area contributed by atoms with Crippen LogP contribution in [-0.4, -0.2) is 55.3 Å². The molecule has 2 fully saturated rings. The van der Waals surface area contributed by atoms with Gasteiger partial charge >= 0.3 is 0 Å². The van der Waals surface area contributed by atoms with Crippen LogP contribution in [0.5, 0.6) is 0 Å². The maximum Gasteiger partial charge on any atom is 0.167 e. The summed E-state index contributed by atoms with van der Waals surface area (Å²) >= 11 is 5.95. The van der Waals surface area contributed by atoms with E-state index in [9.17, 15) is 5.11 Å². The Labute approximate surface area is 178 Å². The van der Waals surface area contributed by atoms with E-state index < -0.39 is 18.1 Å². The second-order valence-electron chi connectivity index (χ2n) is 7.84. The molecule has 158 valence electrons. The van der Waals surface area contributed by atoms with Crippen LogP contribution in [0, 0.1) is 0 Å². The number of nitrogens with one attached hydrogen (secondary N) is 1. The number of hydrogen-bond acceptors (Lipinski definition) is 8. The van der Waals surface area contributed by atoms with Crippen molar-refractivity contribution in [2.24, 2.45) is 0 Å². The molecule has 2 aliphatic rings. The van der Waals surface area contributed by atoms with Crippen molar-refractivity contribution < 1.29 is 19.3 Å². The van der Waals surface area contributed by atoms with Gasteiger partial charge in [-0.1, -0.05) is 23.7 Å². The maximum absolute atomic E-state index is 9.72. The highest BCUT2D eigenvalue weighted by Crippen LogP contribution is 2.43. The molecule has 0 bridgehead atoms. The number of fused-ring (bicyclic) bond motifs is 2. The zero-order chi connectivity index (χ0) is 20.9. The van der Waals surface area contributed by atoms with Crippen molar-refractivity contribution in [2.45, 2.75) is 50.7 Å². The van der Waals surface area contributed by atoms with Crippen LogP contribution in [-0.2, 0) is 20.8 Å². The van der Waals surface area contributed by atoms with Crippen molar-refractivity contribution >= 4 is 28.6 Å². The third-order valence-corrected chi connectivity index (χ3v) is 5.56. The van der Waals surface area contributed by atoms with E-state index in [4.69, 9.17) is 25.8 Å². The number of hydrogen-bond donors (Lipinski definition) is 2. The number of anilines is 1. The molecule has 4 atom stereocenters. The summed E-state index contributed by atoms with van der Waals surface area (Å²) in [6.07, 6.45) is 1.40. The minimum Gasteiger partial charge on any atom is -0.394 e. The van der Waals surface area contributed by atoms with Gasteiger partial charge < -0.3 is 24.6 Å². The summed E-state index contributed by atoms with van der Waals surface area (Å²) in [4.78, 5) is 13.3. The largest absolute Gasteiger partial charge is 0.394 e. The number of benzene rings is 1. The maximum atomic E-state index is 9.72. The van der Waals surface area contributed by atoms with Gasteiger partial charge in [0.15, 0.2) is 29.0 Å². The first-order valence-corrected chi connectivity index (χ1v) is 10.1. The fourth-order valence-corrected chi connectivity index (χ4v) is 4.11. The first-order chi connectivity index (χ1) is 14.4. The summed E-state index contributed by atoms with van der Waals surface area (Å²) in [5, 5.41) is 13.7. The van der Waals surface area contributed by atoms with Gasteiger partial charge in [0.05, 0.1) is 12.9 Å². The van der Waals surface area contributed by atoms with Gasteiger partial charge in [-0.25, -0.2) is 15.0 Å². The molecule has 1 aromatic carbocycles. The molecule has 0 aliphatic carbocycles. The van der Waals surface area contributed by atoms with E-state index in [-0.39, 0.29) is 18.8 Å². The van der Waals surface area contributed by atoms with Gasteiger partial charge in [0, 0.05) is 11.6 Å². The Morgan fingerprint density at radius 2 is 1.90 bits per heavy atom. The number of aliphatic hydroxyl groups excluding tert-OH is 1. The number of imidazole rings is 1. The molecule has 30 heavy (non-hydrogen) atoms. The SMILES string of the molecule is CC1(C)OC2C(CO)OC(n3cnc4c(NCc5ccc(Cl)cc5)ncnc43)C2O1. The van der Waals surface area contributed by atoms with Crippen LogP contribution in [0.25, 0.3) is 11.2 Å². The molecule has 10 heteroatoms. The van der Waals surface area contributed by atoms with E-state index >= 15 is 0 Å². The summed E-state index contributed by atoms with van der Waals surface area (Å²) in [6, 6.07) is 7.60. The zero-order valence-electron chi connectivity index (χ0n) is 16.5. The number of aromatic nitrogens is 4. The van der Waals surface area contributed by atoms with Crippen LogP contribution < -0.4 is 5.32 Å². The van der Waals surface area contributed by atoms with Gasteiger partial charge in [-0.15, -0.1) is 0 Å². The minimum atomic E-state index is -0.749. The summed E-state index contributed by atoms with van der Waals surface area (Å²) in [5.74, 6) is -0.132. The third-order valence-electron chi connectivity index (χ3n) is 5.31. The summed E-state index contributed by atoms with van der Waals surface area (Å²) < 4.78 is 19.8. The van der Waals surface area contributed by atoms with E-state index in [2.05, 4.69) is 20.3 Å². The lowest BCUT2D eigenvalue weighted by Gasteiger charge is -2.24. The fourth-order valence-electron chi connectivity index (χ4n) is 3.99. The molecule has 5 rings (SSSR count). The van der Waals surface area contributed by atoms with Gasteiger partial charge in [-0.05, 0) is 31.5 Å². The Bertz CT molecular complexity index is 1060. The lowest BCUT2D eigenvalue weighted by molar-refractivity contribution is -0.199. The summed E-state index contributed by atoms with van der Waals surface area (Å²) in [6.45, 7) is 4.11. The zero-order valence-corrected chi connectivity index (χ0v) is 17.3. The minimum absolute atomic E-state index is 0.160. The number of ether oxygens (including phenoxy) is 3. The molecule has 4 heterocycles. The van der Waals surface area contributed by atoms with Crippen LogP contribution in [0.1, 0.15) is 25.6 Å². The number of halogens is 1. The molecule has 0 saturated carbocycles. The average Bonchev–Trinajstić information content (AvgIpc) is 3.38. The normalized spacial score (nSPS) is 27.5. The molecule has 0 amide bonds. The highest BCUT2D eigenvalue weighted by molar-refractivity contribution is 6.30. The van der Waals surface area contributed by atoms with Crippen LogP contribution in [0.15, 0.2) is 36.9 Å². The molecular formula is C20H22ClN5O4. The second-order valence-corrected chi connectivity index (χ2v) is 8.28. The Kier molecular flexibility index (Phi) is 4.87. The predicted octanol–water partition coefficient (Wildman–Crippen LogP) is 2.50. The Balaban J connectivity index is 1.42. The van der Waals surface area contributed by atoms with Crippen molar-refractivity contribution in [1.82, 2.24) is 19.5 Å². The van der Waals surface area contributed by atoms with E-state index in [0.29, 0.717) is 28.5 Å². The van der Waals surface area contributed by atoms with Crippen LogP contribution in [0.4, 0.5) is 5.82 Å². The first kappa shape index (κ1) is 19.7. The molecule has 2 aliphatic heterocycles. The summed E-state index contributed by atoms with van der Waals surface area (Å²) in [5.41, 5.74) is 2.30. The molecule has 9 nitrogen and oxygen atoms in total. The quantitative estimate of drug-likeness (QED) is 0.635. The molecule has 2 saturated heterocycles. The number of aliphatic hydroxyl groups is 1. The molecule has 3 aromatic rings. The van der Waals surface area contributed by atoms with Crippen LogP contribution >= 0.6 is 11.6 Å². The van der Waals surface area contributed by atoms with Crippen molar-refractivity contribution in [1.29, 1.82) is 0 Å². The Hall–Kier alpha value is -2.30. The lowest BCUT2D eigenvalue weighted by Crippen LogP contribution is -2.31. The lowest BCUT2D eigenvalue weighted by atomic mass is 10.1. The predicted molar refractivity (Wildman–Crippen MR) is 109 cm³/mol.